The molecule has 1 aromatic carbocycles. The van der Waals surface area contributed by atoms with Gasteiger partial charge in [-0.05, 0) is 31.4 Å². The van der Waals surface area contributed by atoms with Crippen molar-refractivity contribution in [2.75, 3.05) is 26.8 Å². The van der Waals surface area contributed by atoms with E-state index >= 15 is 0 Å². The van der Waals surface area contributed by atoms with Crippen molar-refractivity contribution in [2.45, 2.75) is 31.7 Å². The average Bonchev–Trinajstić information content (AvgIpc) is 3.08. The van der Waals surface area contributed by atoms with Crippen LogP contribution in [0, 0.1) is 6.92 Å². The van der Waals surface area contributed by atoms with Gasteiger partial charge in [-0.1, -0.05) is 29.8 Å². The molecule has 0 amide bonds. The minimum atomic E-state index is -0.0496. The Labute approximate surface area is 163 Å². The number of rotatable bonds is 5. The Kier molecular flexibility index (Phi) is 6.51. The van der Waals surface area contributed by atoms with Crippen molar-refractivity contribution in [2.24, 2.45) is 4.99 Å². The van der Waals surface area contributed by atoms with E-state index in [9.17, 15) is 0 Å². The van der Waals surface area contributed by atoms with E-state index in [2.05, 4.69) is 39.7 Å². The summed E-state index contributed by atoms with van der Waals surface area (Å²) < 4.78 is 5.60. The molecule has 26 heavy (non-hydrogen) atoms. The summed E-state index contributed by atoms with van der Waals surface area (Å²) in [4.78, 5) is 9.95. The third kappa shape index (κ3) is 4.55. The van der Waals surface area contributed by atoms with Crippen molar-refractivity contribution in [3.63, 3.8) is 0 Å². The summed E-state index contributed by atoms with van der Waals surface area (Å²) >= 11 is 8.21. The van der Waals surface area contributed by atoms with Crippen LogP contribution in [0.2, 0.25) is 5.02 Å². The molecule has 0 bridgehead atoms. The van der Waals surface area contributed by atoms with Crippen molar-refractivity contribution in [3.05, 3.63) is 50.9 Å². The van der Waals surface area contributed by atoms with Gasteiger partial charge in [0.15, 0.2) is 5.96 Å². The van der Waals surface area contributed by atoms with Gasteiger partial charge in [0, 0.05) is 48.3 Å². The topological polar surface area (TPSA) is 58.5 Å². The van der Waals surface area contributed by atoms with Gasteiger partial charge in [0.2, 0.25) is 0 Å². The summed E-state index contributed by atoms with van der Waals surface area (Å²) in [5.41, 5.74) is 1.13. The molecule has 0 spiro atoms. The zero-order chi connectivity index (χ0) is 18.4. The molecule has 3 rings (SSSR count). The molecule has 0 aliphatic carbocycles. The fourth-order valence-electron chi connectivity index (χ4n) is 3.31. The van der Waals surface area contributed by atoms with Gasteiger partial charge in [-0.15, -0.1) is 11.3 Å². The van der Waals surface area contributed by atoms with Gasteiger partial charge in [0.05, 0.1) is 6.54 Å². The van der Waals surface area contributed by atoms with Crippen LogP contribution in [0.3, 0.4) is 0 Å². The highest BCUT2D eigenvalue weighted by molar-refractivity contribution is 7.11. The molecule has 1 saturated heterocycles. The Bertz CT molecular complexity index is 756. The molecule has 140 valence electrons. The third-order valence-corrected chi connectivity index (χ3v) is 6.03. The molecular weight excluding hydrogens is 368 g/mol. The number of hydrogen-bond donors (Lipinski definition) is 2. The number of guanidine groups is 1. The van der Waals surface area contributed by atoms with Crippen LogP contribution in [0.25, 0.3) is 0 Å². The molecule has 7 heteroatoms. The van der Waals surface area contributed by atoms with Crippen LogP contribution in [0.1, 0.15) is 28.3 Å². The molecule has 5 nitrogen and oxygen atoms in total. The SMILES string of the molecule is CN=C(NCc1ncc(C)s1)NCC1(c2ccccc2Cl)CCOCC1. The molecule has 0 unspecified atom stereocenters. The lowest BCUT2D eigenvalue weighted by Gasteiger charge is -2.38. The molecule has 0 saturated carbocycles. The Balaban J connectivity index is 1.68. The summed E-state index contributed by atoms with van der Waals surface area (Å²) in [5, 5.41) is 8.70. The van der Waals surface area contributed by atoms with Gasteiger partial charge in [-0.2, -0.15) is 0 Å². The van der Waals surface area contributed by atoms with Crippen LogP contribution in [-0.4, -0.2) is 37.7 Å². The Hall–Kier alpha value is -1.63. The average molecular weight is 393 g/mol. The van der Waals surface area contributed by atoms with Crippen molar-refractivity contribution in [3.8, 4) is 0 Å². The predicted octanol–water partition coefficient (Wildman–Crippen LogP) is 3.52. The van der Waals surface area contributed by atoms with E-state index in [4.69, 9.17) is 16.3 Å². The van der Waals surface area contributed by atoms with E-state index < -0.39 is 0 Å². The first kappa shape index (κ1) is 19.1. The summed E-state index contributed by atoms with van der Waals surface area (Å²) in [6.45, 7) is 4.98. The standard InChI is InChI=1S/C19H25ClN4OS/c1-14-11-22-17(26-14)12-23-18(21-2)24-13-19(7-9-25-10-8-19)15-5-3-4-6-16(15)20/h3-6,11H,7-10,12-13H2,1-2H3,(H2,21,23,24). The first-order chi connectivity index (χ1) is 12.6. The fraction of sp³-hybridized carbons (Fsp3) is 0.474. The number of thiazole rings is 1. The van der Waals surface area contributed by atoms with E-state index in [1.165, 1.54) is 10.4 Å². The number of nitrogens with one attached hydrogen (secondary N) is 2. The smallest absolute Gasteiger partial charge is 0.191 e. The lowest BCUT2D eigenvalue weighted by Crippen LogP contribution is -2.48. The number of aliphatic imine (C=N–C) groups is 1. The predicted molar refractivity (Wildman–Crippen MR) is 108 cm³/mol. The monoisotopic (exact) mass is 392 g/mol. The van der Waals surface area contributed by atoms with E-state index in [0.29, 0.717) is 6.54 Å². The highest BCUT2D eigenvalue weighted by atomic mass is 35.5. The maximum Gasteiger partial charge on any atom is 0.191 e. The van der Waals surface area contributed by atoms with Crippen molar-refractivity contribution >= 4 is 28.9 Å². The Morgan fingerprint density at radius 1 is 1.31 bits per heavy atom. The summed E-state index contributed by atoms with van der Waals surface area (Å²) in [6, 6.07) is 8.12. The highest BCUT2D eigenvalue weighted by Gasteiger charge is 2.36. The number of hydrogen-bond acceptors (Lipinski definition) is 4. The minimum absolute atomic E-state index is 0.0496. The van der Waals surface area contributed by atoms with Gasteiger partial charge in [-0.25, -0.2) is 4.98 Å². The molecule has 1 fully saturated rings. The van der Waals surface area contributed by atoms with Crippen molar-refractivity contribution < 1.29 is 4.74 Å². The van der Waals surface area contributed by atoms with Gasteiger partial charge < -0.3 is 15.4 Å². The Morgan fingerprint density at radius 2 is 2.08 bits per heavy atom. The summed E-state index contributed by atoms with van der Waals surface area (Å²) in [7, 11) is 1.79. The number of benzene rings is 1. The van der Waals surface area contributed by atoms with Crippen LogP contribution >= 0.6 is 22.9 Å². The van der Waals surface area contributed by atoms with E-state index in [-0.39, 0.29) is 5.41 Å². The van der Waals surface area contributed by atoms with E-state index in [0.717, 1.165) is 48.6 Å². The number of nitrogens with zero attached hydrogens (tertiary/aromatic N) is 2. The van der Waals surface area contributed by atoms with Crippen molar-refractivity contribution in [1.82, 2.24) is 15.6 Å². The molecule has 2 heterocycles. The van der Waals surface area contributed by atoms with Gasteiger partial charge >= 0.3 is 0 Å². The maximum atomic E-state index is 6.52. The number of ether oxygens (including phenoxy) is 1. The zero-order valence-electron chi connectivity index (χ0n) is 15.2. The van der Waals surface area contributed by atoms with Gasteiger partial charge in [0.25, 0.3) is 0 Å². The summed E-state index contributed by atoms with van der Waals surface area (Å²) in [5.74, 6) is 0.774. The van der Waals surface area contributed by atoms with Crippen LogP contribution in [-0.2, 0) is 16.7 Å². The first-order valence-electron chi connectivity index (χ1n) is 8.81. The second kappa shape index (κ2) is 8.84. The quantitative estimate of drug-likeness (QED) is 0.603. The molecule has 2 aromatic rings. The van der Waals surface area contributed by atoms with Crippen molar-refractivity contribution in [1.29, 1.82) is 0 Å². The molecule has 1 aliphatic heterocycles. The van der Waals surface area contributed by atoms with Crippen LogP contribution in [0.4, 0.5) is 0 Å². The number of aryl methyl sites for hydroxylation is 1. The second-order valence-electron chi connectivity index (χ2n) is 6.52. The molecule has 0 radical (unpaired) electrons. The molecular formula is C19H25ClN4OS. The summed E-state index contributed by atoms with van der Waals surface area (Å²) in [6.07, 6.45) is 3.77. The zero-order valence-corrected chi connectivity index (χ0v) is 16.8. The largest absolute Gasteiger partial charge is 0.381 e. The van der Waals surface area contributed by atoms with E-state index in [1.54, 1.807) is 18.4 Å². The van der Waals surface area contributed by atoms with Gasteiger partial charge in [-0.3, -0.25) is 4.99 Å². The lowest BCUT2D eigenvalue weighted by molar-refractivity contribution is 0.0514. The maximum absolute atomic E-state index is 6.52. The van der Waals surface area contributed by atoms with Crippen LogP contribution in [0.15, 0.2) is 35.5 Å². The molecule has 0 atom stereocenters. The van der Waals surface area contributed by atoms with Gasteiger partial charge in [0.1, 0.15) is 5.01 Å². The van der Waals surface area contributed by atoms with Crippen LogP contribution < -0.4 is 10.6 Å². The number of halogens is 1. The molecule has 1 aliphatic rings. The minimum Gasteiger partial charge on any atom is -0.381 e. The third-order valence-electron chi connectivity index (χ3n) is 4.79. The highest BCUT2D eigenvalue weighted by Crippen LogP contribution is 2.38. The van der Waals surface area contributed by atoms with Crippen LogP contribution in [0.5, 0.6) is 0 Å². The normalized spacial score (nSPS) is 17.1. The Morgan fingerprint density at radius 3 is 2.73 bits per heavy atom. The molecule has 2 N–H and O–H groups in total. The number of aromatic nitrogens is 1. The molecule has 1 aromatic heterocycles. The lowest BCUT2D eigenvalue weighted by atomic mass is 9.74. The second-order valence-corrected chi connectivity index (χ2v) is 8.24. The fourth-order valence-corrected chi connectivity index (χ4v) is 4.37. The van der Waals surface area contributed by atoms with E-state index in [1.807, 2.05) is 18.3 Å². The first-order valence-corrected chi connectivity index (χ1v) is 10.0.